The van der Waals surface area contributed by atoms with Crippen LogP contribution in [0.5, 0.6) is 0 Å². The molecule has 1 unspecified atom stereocenters. The molecule has 3 rings (SSSR count). The Bertz CT molecular complexity index is 762. The van der Waals surface area contributed by atoms with Crippen molar-refractivity contribution in [2.24, 2.45) is 0 Å². The molecule has 6 heteroatoms. The number of thioether (sulfide) groups is 1. The van der Waals surface area contributed by atoms with Gasteiger partial charge in [-0.25, -0.2) is 0 Å². The first-order valence-corrected chi connectivity index (χ1v) is 10.6. The van der Waals surface area contributed by atoms with E-state index in [2.05, 4.69) is 15.5 Å². The third kappa shape index (κ3) is 6.39. The molecule has 0 aromatic heterocycles. The predicted octanol–water partition coefficient (Wildman–Crippen LogP) is 3.39. The maximum atomic E-state index is 12.5. The first-order valence-electron chi connectivity index (χ1n) is 9.69. The van der Waals surface area contributed by atoms with Gasteiger partial charge in [-0.3, -0.25) is 14.5 Å². The maximum Gasteiger partial charge on any atom is 0.238 e. The molecule has 28 heavy (non-hydrogen) atoms. The van der Waals surface area contributed by atoms with Gasteiger partial charge in [-0.1, -0.05) is 36.4 Å². The van der Waals surface area contributed by atoms with Crippen molar-refractivity contribution in [3.8, 4) is 0 Å². The van der Waals surface area contributed by atoms with Crippen LogP contribution in [0.3, 0.4) is 0 Å². The molecule has 0 bridgehead atoms. The topological polar surface area (TPSA) is 61.4 Å². The van der Waals surface area contributed by atoms with Crippen molar-refractivity contribution in [2.75, 3.05) is 25.0 Å². The van der Waals surface area contributed by atoms with E-state index in [1.165, 1.54) is 0 Å². The van der Waals surface area contributed by atoms with Gasteiger partial charge in [-0.05, 0) is 44.0 Å². The fourth-order valence-electron chi connectivity index (χ4n) is 3.24. The molecule has 1 aliphatic heterocycles. The summed E-state index contributed by atoms with van der Waals surface area (Å²) in [5, 5.41) is 5.96. The number of carbonyl (C=O) groups excluding carboxylic acids is 2. The summed E-state index contributed by atoms with van der Waals surface area (Å²) >= 11 is 1.57. The number of hydrogen-bond acceptors (Lipinski definition) is 4. The van der Waals surface area contributed by atoms with Crippen molar-refractivity contribution in [2.45, 2.75) is 36.0 Å². The van der Waals surface area contributed by atoms with Gasteiger partial charge in [0, 0.05) is 29.7 Å². The zero-order valence-corrected chi connectivity index (χ0v) is 17.0. The second-order valence-electron chi connectivity index (χ2n) is 7.05. The van der Waals surface area contributed by atoms with Crippen LogP contribution >= 0.6 is 11.8 Å². The van der Waals surface area contributed by atoms with Crippen LogP contribution in [-0.2, 0) is 9.59 Å². The van der Waals surface area contributed by atoms with E-state index in [4.69, 9.17) is 0 Å². The lowest BCUT2D eigenvalue weighted by atomic mass is 10.0. The van der Waals surface area contributed by atoms with Crippen molar-refractivity contribution >= 4 is 29.3 Å². The molecule has 2 N–H and O–H groups in total. The lowest BCUT2D eigenvalue weighted by Gasteiger charge is -2.32. The summed E-state index contributed by atoms with van der Waals surface area (Å²) in [6.07, 6.45) is 1.74. The van der Waals surface area contributed by atoms with E-state index in [1.54, 1.807) is 11.8 Å². The summed E-state index contributed by atoms with van der Waals surface area (Å²) in [4.78, 5) is 27.9. The van der Waals surface area contributed by atoms with Crippen molar-refractivity contribution in [3.05, 3.63) is 60.7 Å². The highest BCUT2D eigenvalue weighted by Crippen LogP contribution is 2.23. The summed E-state index contributed by atoms with van der Waals surface area (Å²) in [5.41, 5.74) is 0.819. The Kier molecular flexibility index (Phi) is 7.51. The largest absolute Gasteiger partial charge is 0.352 e. The number of amides is 2. The lowest BCUT2D eigenvalue weighted by molar-refractivity contribution is -0.122. The monoisotopic (exact) mass is 397 g/mol. The summed E-state index contributed by atoms with van der Waals surface area (Å²) in [6, 6.07) is 19.7. The Morgan fingerprint density at radius 1 is 1.04 bits per heavy atom. The van der Waals surface area contributed by atoms with Crippen molar-refractivity contribution in [3.63, 3.8) is 0 Å². The van der Waals surface area contributed by atoms with Gasteiger partial charge in [0.05, 0.1) is 11.8 Å². The van der Waals surface area contributed by atoms with E-state index >= 15 is 0 Å². The van der Waals surface area contributed by atoms with E-state index in [-0.39, 0.29) is 23.1 Å². The van der Waals surface area contributed by atoms with E-state index in [0.717, 1.165) is 36.5 Å². The van der Waals surface area contributed by atoms with Crippen LogP contribution in [-0.4, -0.2) is 47.6 Å². The number of nitrogens with zero attached hydrogens (tertiary/aromatic N) is 1. The molecule has 0 spiro atoms. The summed E-state index contributed by atoms with van der Waals surface area (Å²) in [7, 11) is 0. The number of para-hydroxylation sites is 1. The van der Waals surface area contributed by atoms with E-state index in [0.29, 0.717) is 6.54 Å². The second kappa shape index (κ2) is 10.3. The molecule has 148 valence electrons. The number of piperidine rings is 1. The number of likely N-dealkylation sites (tertiary alicyclic amines) is 1. The fraction of sp³-hybridized carbons (Fsp3) is 0.364. The Hall–Kier alpha value is -2.31. The average Bonchev–Trinajstić information content (AvgIpc) is 2.71. The minimum Gasteiger partial charge on any atom is -0.352 e. The maximum absolute atomic E-state index is 12.5. The molecule has 2 amide bonds. The molecule has 2 aromatic rings. The molecule has 0 aliphatic carbocycles. The Labute approximate surface area is 170 Å². The summed E-state index contributed by atoms with van der Waals surface area (Å²) < 4.78 is 0. The standard InChI is InChI=1S/C22H27N3O2S/c1-17(28-20-10-6-3-7-11-20)22(27)24-19-12-14-25(15-13-19)16-21(26)23-18-8-4-2-5-9-18/h2-11,17,19H,12-16H2,1H3,(H,23,26)(H,24,27). The average molecular weight is 398 g/mol. The zero-order chi connectivity index (χ0) is 19.8. The molecule has 5 nitrogen and oxygen atoms in total. The first-order chi connectivity index (χ1) is 13.6. The SMILES string of the molecule is CC(Sc1ccccc1)C(=O)NC1CCN(CC(=O)Nc2ccccc2)CC1. The number of carbonyl (C=O) groups is 2. The van der Waals surface area contributed by atoms with Crippen molar-refractivity contribution in [1.29, 1.82) is 0 Å². The highest BCUT2D eigenvalue weighted by molar-refractivity contribution is 8.00. The molecule has 1 saturated heterocycles. The molecule has 0 saturated carbocycles. The van der Waals surface area contributed by atoms with Crippen molar-refractivity contribution in [1.82, 2.24) is 10.2 Å². The quantitative estimate of drug-likeness (QED) is 0.703. The lowest BCUT2D eigenvalue weighted by Crippen LogP contribution is -2.48. The van der Waals surface area contributed by atoms with Gasteiger partial charge in [0.15, 0.2) is 0 Å². The van der Waals surface area contributed by atoms with Gasteiger partial charge in [0.2, 0.25) is 11.8 Å². The van der Waals surface area contributed by atoms with Gasteiger partial charge in [0.25, 0.3) is 0 Å². The molecule has 1 heterocycles. The van der Waals surface area contributed by atoms with Gasteiger partial charge >= 0.3 is 0 Å². The van der Waals surface area contributed by atoms with E-state index in [9.17, 15) is 9.59 Å². The Morgan fingerprint density at radius 2 is 1.64 bits per heavy atom. The van der Waals surface area contributed by atoms with Crippen LogP contribution < -0.4 is 10.6 Å². The molecular formula is C22H27N3O2S. The third-order valence-electron chi connectivity index (χ3n) is 4.78. The van der Waals surface area contributed by atoms with Gasteiger partial charge in [-0.2, -0.15) is 0 Å². The van der Waals surface area contributed by atoms with Gasteiger partial charge in [-0.15, -0.1) is 11.8 Å². The Morgan fingerprint density at radius 3 is 2.29 bits per heavy atom. The van der Waals surface area contributed by atoms with Crippen LogP contribution in [0.1, 0.15) is 19.8 Å². The number of rotatable bonds is 7. The smallest absolute Gasteiger partial charge is 0.238 e. The van der Waals surface area contributed by atoms with Crippen LogP contribution in [0.4, 0.5) is 5.69 Å². The first kappa shape index (κ1) is 20.4. The Balaban J connectivity index is 1.37. The van der Waals surface area contributed by atoms with E-state index in [1.807, 2.05) is 67.6 Å². The minimum atomic E-state index is -0.128. The van der Waals surface area contributed by atoms with Gasteiger partial charge in [0.1, 0.15) is 0 Å². The fourth-order valence-corrected chi connectivity index (χ4v) is 4.13. The molecular weight excluding hydrogens is 370 g/mol. The highest BCUT2D eigenvalue weighted by atomic mass is 32.2. The second-order valence-corrected chi connectivity index (χ2v) is 8.46. The summed E-state index contributed by atoms with van der Waals surface area (Å²) in [6.45, 7) is 3.95. The van der Waals surface area contributed by atoms with Crippen LogP contribution in [0.25, 0.3) is 0 Å². The number of nitrogens with one attached hydrogen (secondary N) is 2. The van der Waals surface area contributed by atoms with Crippen LogP contribution in [0.2, 0.25) is 0 Å². The third-order valence-corrected chi connectivity index (χ3v) is 5.90. The normalized spacial score (nSPS) is 16.3. The molecule has 1 atom stereocenters. The van der Waals surface area contributed by atoms with E-state index < -0.39 is 0 Å². The molecule has 0 radical (unpaired) electrons. The molecule has 2 aromatic carbocycles. The molecule has 1 fully saturated rings. The number of anilines is 1. The predicted molar refractivity (Wildman–Crippen MR) is 114 cm³/mol. The summed E-state index contributed by atoms with van der Waals surface area (Å²) in [5.74, 6) is 0.0793. The number of benzene rings is 2. The zero-order valence-electron chi connectivity index (χ0n) is 16.1. The minimum absolute atomic E-state index is 0.00145. The van der Waals surface area contributed by atoms with Crippen LogP contribution in [0.15, 0.2) is 65.6 Å². The number of hydrogen-bond donors (Lipinski definition) is 2. The van der Waals surface area contributed by atoms with Crippen molar-refractivity contribution < 1.29 is 9.59 Å². The van der Waals surface area contributed by atoms with Crippen LogP contribution in [0, 0.1) is 0 Å². The highest BCUT2D eigenvalue weighted by Gasteiger charge is 2.24. The van der Waals surface area contributed by atoms with Gasteiger partial charge < -0.3 is 10.6 Å². The molecule has 1 aliphatic rings.